The molecule has 0 spiro atoms. The number of Topliss-reactive ketones (excluding diaryl/α,β-unsaturated/α-hetero) is 1. The average molecular weight is 304 g/mol. The molecule has 0 radical (unpaired) electrons. The van der Waals surface area contributed by atoms with E-state index in [0.717, 1.165) is 4.90 Å². The molecule has 0 heterocycles. The van der Waals surface area contributed by atoms with E-state index in [0.29, 0.717) is 5.56 Å². The van der Waals surface area contributed by atoms with Crippen molar-refractivity contribution in [1.82, 2.24) is 0 Å². The average Bonchev–Trinajstić information content (AvgIpc) is 2.26. The second-order valence-corrected chi connectivity index (χ2v) is 4.95. The van der Waals surface area contributed by atoms with Crippen molar-refractivity contribution in [1.29, 1.82) is 0 Å². The predicted molar refractivity (Wildman–Crippen MR) is 67.2 cm³/mol. The molecule has 16 heavy (non-hydrogen) atoms. The van der Waals surface area contributed by atoms with Crippen molar-refractivity contribution in [3.63, 3.8) is 0 Å². The topological polar surface area (TPSA) is 60.2 Å². The molecule has 0 amide bonds. The van der Waals surface area contributed by atoms with Crippen LogP contribution >= 0.6 is 27.7 Å². The van der Waals surface area contributed by atoms with Crippen LogP contribution in [0.5, 0.6) is 0 Å². The molecular formula is C10H10BrNO3S. The molecule has 1 rings (SSSR count). The van der Waals surface area contributed by atoms with Gasteiger partial charge in [0.25, 0.3) is 5.69 Å². The van der Waals surface area contributed by atoms with E-state index >= 15 is 0 Å². The number of carbonyl (C=O) groups excluding carboxylic acids is 1. The van der Waals surface area contributed by atoms with Crippen molar-refractivity contribution in [2.24, 2.45) is 0 Å². The van der Waals surface area contributed by atoms with Gasteiger partial charge >= 0.3 is 0 Å². The van der Waals surface area contributed by atoms with Crippen molar-refractivity contribution in [2.45, 2.75) is 16.6 Å². The number of benzene rings is 1. The number of halogens is 1. The summed E-state index contributed by atoms with van der Waals surface area (Å²) in [7, 11) is 0. The van der Waals surface area contributed by atoms with E-state index in [1.165, 1.54) is 24.8 Å². The van der Waals surface area contributed by atoms with Crippen molar-refractivity contribution < 1.29 is 9.72 Å². The van der Waals surface area contributed by atoms with Crippen LogP contribution in [0.3, 0.4) is 0 Å². The number of nitro benzene ring substituents is 1. The normalized spacial score (nSPS) is 12.2. The lowest BCUT2D eigenvalue weighted by Crippen LogP contribution is -2.04. The molecule has 1 aromatic rings. The van der Waals surface area contributed by atoms with Gasteiger partial charge in [-0.25, -0.2) is 0 Å². The summed E-state index contributed by atoms with van der Waals surface area (Å²) >= 11 is 4.58. The van der Waals surface area contributed by atoms with E-state index in [2.05, 4.69) is 15.9 Å². The molecular weight excluding hydrogens is 294 g/mol. The van der Waals surface area contributed by atoms with Crippen LogP contribution in [0.2, 0.25) is 0 Å². The standard InChI is InChI=1S/C10H10BrNO3S/c1-6(13)10(11)8-4-3-7(16-2)5-9(8)12(14)15/h3-5,10H,1-2H3. The van der Waals surface area contributed by atoms with E-state index < -0.39 is 9.75 Å². The third kappa shape index (κ3) is 2.82. The zero-order valence-corrected chi connectivity index (χ0v) is 11.2. The monoisotopic (exact) mass is 303 g/mol. The minimum Gasteiger partial charge on any atom is -0.298 e. The summed E-state index contributed by atoms with van der Waals surface area (Å²) in [6.07, 6.45) is 1.84. The summed E-state index contributed by atoms with van der Waals surface area (Å²) in [5.41, 5.74) is 0.374. The Morgan fingerprint density at radius 2 is 2.19 bits per heavy atom. The van der Waals surface area contributed by atoms with Crippen LogP contribution in [0.4, 0.5) is 5.69 Å². The lowest BCUT2D eigenvalue weighted by atomic mass is 10.1. The molecule has 1 atom stereocenters. The Kier molecular flexibility index (Phi) is 4.49. The van der Waals surface area contributed by atoms with E-state index in [4.69, 9.17) is 0 Å². The van der Waals surface area contributed by atoms with Gasteiger partial charge in [-0.2, -0.15) is 0 Å². The molecule has 1 aromatic carbocycles. The number of thioether (sulfide) groups is 1. The first-order valence-electron chi connectivity index (χ1n) is 4.44. The quantitative estimate of drug-likeness (QED) is 0.370. The first-order valence-corrected chi connectivity index (χ1v) is 6.58. The predicted octanol–water partition coefficient (Wildman–Crippen LogP) is 3.34. The van der Waals surface area contributed by atoms with Crippen molar-refractivity contribution in [2.75, 3.05) is 6.26 Å². The fourth-order valence-corrected chi connectivity index (χ4v) is 2.06. The number of carbonyl (C=O) groups is 1. The summed E-state index contributed by atoms with van der Waals surface area (Å²) in [6, 6.07) is 4.87. The van der Waals surface area contributed by atoms with Crippen molar-refractivity contribution in [3.8, 4) is 0 Å². The van der Waals surface area contributed by atoms with Gasteiger partial charge in [0.15, 0.2) is 0 Å². The number of hydrogen-bond acceptors (Lipinski definition) is 4. The summed E-state index contributed by atoms with van der Waals surface area (Å²) in [6.45, 7) is 1.39. The molecule has 86 valence electrons. The zero-order chi connectivity index (χ0) is 12.3. The number of nitro groups is 1. The van der Waals surface area contributed by atoms with Crippen LogP contribution in [0.15, 0.2) is 23.1 Å². The lowest BCUT2D eigenvalue weighted by molar-refractivity contribution is -0.385. The van der Waals surface area contributed by atoms with Crippen LogP contribution in [-0.2, 0) is 4.79 Å². The van der Waals surface area contributed by atoms with Crippen LogP contribution in [0.25, 0.3) is 0 Å². The fraction of sp³-hybridized carbons (Fsp3) is 0.300. The van der Waals surface area contributed by atoms with Gasteiger partial charge in [0.1, 0.15) is 10.6 Å². The molecule has 1 unspecified atom stereocenters. The molecule has 0 aliphatic rings. The summed E-state index contributed by atoms with van der Waals surface area (Å²) in [5, 5.41) is 10.9. The van der Waals surface area contributed by atoms with Gasteiger partial charge < -0.3 is 0 Å². The van der Waals surface area contributed by atoms with Crippen LogP contribution < -0.4 is 0 Å². The molecule has 0 fully saturated rings. The smallest absolute Gasteiger partial charge is 0.275 e. The Hall–Kier alpha value is -0.880. The highest BCUT2D eigenvalue weighted by Gasteiger charge is 2.23. The van der Waals surface area contributed by atoms with E-state index in [1.54, 1.807) is 12.1 Å². The van der Waals surface area contributed by atoms with Gasteiger partial charge in [0.05, 0.1) is 10.5 Å². The van der Waals surface area contributed by atoms with Crippen LogP contribution in [0, 0.1) is 10.1 Å². The number of alkyl halides is 1. The largest absolute Gasteiger partial charge is 0.298 e. The van der Waals surface area contributed by atoms with Gasteiger partial charge in [0, 0.05) is 11.0 Å². The number of ketones is 1. The third-order valence-electron chi connectivity index (χ3n) is 2.06. The van der Waals surface area contributed by atoms with E-state index in [1.807, 2.05) is 6.26 Å². The van der Waals surface area contributed by atoms with Crippen LogP contribution in [0.1, 0.15) is 17.3 Å². The zero-order valence-electron chi connectivity index (χ0n) is 8.77. The number of nitrogens with zero attached hydrogens (tertiary/aromatic N) is 1. The molecule has 4 nitrogen and oxygen atoms in total. The van der Waals surface area contributed by atoms with E-state index in [-0.39, 0.29) is 11.5 Å². The lowest BCUT2D eigenvalue weighted by Gasteiger charge is -2.08. The minimum atomic E-state index is -0.621. The van der Waals surface area contributed by atoms with Gasteiger partial charge in [-0.3, -0.25) is 14.9 Å². The highest BCUT2D eigenvalue weighted by Crippen LogP contribution is 2.34. The van der Waals surface area contributed by atoms with Crippen molar-refractivity contribution >= 4 is 39.2 Å². The second kappa shape index (κ2) is 5.45. The molecule has 0 aromatic heterocycles. The first-order chi connectivity index (χ1) is 7.47. The minimum absolute atomic E-state index is 0.0241. The second-order valence-electron chi connectivity index (χ2n) is 3.16. The Labute approximate surface area is 106 Å². The maximum absolute atomic E-state index is 11.2. The van der Waals surface area contributed by atoms with Gasteiger partial charge in [-0.15, -0.1) is 11.8 Å². The fourth-order valence-electron chi connectivity index (χ4n) is 1.24. The SMILES string of the molecule is CSc1ccc(C(Br)C(C)=O)c([N+](=O)[O-])c1. The molecule has 0 aliphatic heterocycles. The van der Waals surface area contributed by atoms with Gasteiger partial charge in [-0.05, 0) is 25.3 Å². The maximum Gasteiger partial charge on any atom is 0.275 e. The highest BCUT2D eigenvalue weighted by molar-refractivity contribution is 9.09. The number of rotatable bonds is 4. The molecule has 0 aliphatic carbocycles. The van der Waals surface area contributed by atoms with Gasteiger partial charge in [0.2, 0.25) is 0 Å². The van der Waals surface area contributed by atoms with E-state index in [9.17, 15) is 14.9 Å². The first kappa shape index (κ1) is 13.2. The highest BCUT2D eigenvalue weighted by atomic mass is 79.9. The Morgan fingerprint density at radius 1 is 1.56 bits per heavy atom. The molecule has 0 bridgehead atoms. The summed E-state index contributed by atoms with van der Waals surface area (Å²) < 4.78 is 0. The summed E-state index contributed by atoms with van der Waals surface area (Å²) in [5.74, 6) is -0.153. The summed E-state index contributed by atoms with van der Waals surface area (Å²) in [4.78, 5) is 21.8. The molecule has 6 heteroatoms. The Balaban J connectivity index is 3.28. The van der Waals surface area contributed by atoms with Crippen molar-refractivity contribution in [3.05, 3.63) is 33.9 Å². The maximum atomic E-state index is 11.2. The molecule has 0 saturated carbocycles. The van der Waals surface area contributed by atoms with Crippen LogP contribution in [-0.4, -0.2) is 17.0 Å². The third-order valence-corrected chi connectivity index (χ3v) is 3.93. The molecule has 0 saturated heterocycles. The van der Waals surface area contributed by atoms with Gasteiger partial charge in [-0.1, -0.05) is 15.9 Å². The Morgan fingerprint density at radius 3 is 2.62 bits per heavy atom. The Bertz CT molecular complexity index is 436. The molecule has 0 N–H and O–H groups in total. The number of hydrogen-bond donors (Lipinski definition) is 0.